The van der Waals surface area contributed by atoms with Crippen molar-refractivity contribution in [3.63, 3.8) is 0 Å². The number of hydrogen-bond donors (Lipinski definition) is 3. The fraction of sp³-hybridized carbons (Fsp3) is 0.545. The highest BCUT2D eigenvalue weighted by Crippen LogP contribution is 2.35. The third-order valence-electron chi connectivity index (χ3n) is 4.77. The Morgan fingerprint density at radius 1 is 1.26 bits per heavy atom. The van der Waals surface area contributed by atoms with Crippen LogP contribution in [0.15, 0.2) is 6.07 Å². The summed E-state index contributed by atoms with van der Waals surface area (Å²) >= 11 is 1.24. The lowest BCUT2D eigenvalue weighted by Crippen LogP contribution is -2.55. The van der Waals surface area contributed by atoms with E-state index < -0.39 is 48.2 Å². The number of phenolic OH excluding ortho intramolecular Hbond substituents is 1. The van der Waals surface area contributed by atoms with Gasteiger partial charge in [0.15, 0.2) is 0 Å². The van der Waals surface area contributed by atoms with Crippen molar-refractivity contribution >= 4 is 35.7 Å². The molecule has 1 aliphatic heterocycles. The van der Waals surface area contributed by atoms with E-state index in [1.54, 1.807) is 27.7 Å². The van der Waals surface area contributed by atoms with Gasteiger partial charge in [-0.1, -0.05) is 0 Å². The Bertz CT molecular complexity index is 959. The largest absolute Gasteiger partial charge is 0.508 e. The number of alkyl carbamates (subject to hydrolysis) is 1. The Kier molecular flexibility index (Phi) is 9.02. The van der Waals surface area contributed by atoms with Crippen molar-refractivity contribution in [2.45, 2.75) is 51.1 Å². The first-order chi connectivity index (χ1) is 15.9. The maximum absolute atomic E-state index is 13.0. The van der Waals surface area contributed by atoms with Gasteiger partial charge in [-0.3, -0.25) is 4.79 Å². The van der Waals surface area contributed by atoms with Crippen molar-refractivity contribution in [3.8, 4) is 11.5 Å². The maximum atomic E-state index is 13.0. The van der Waals surface area contributed by atoms with Crippen LogP contribution < -0.4 is 15.4 Å². The first-order valence-corrected chi connectivity index (χ1v) is 11.6. The molecule has 12 heteroatoms. The summed E-state index contributed by atoms with van der Waals surface area (Å²) < 4.78 is 20.7. The first kappa shape index (κ1) is 27.1. The van der Waals surface area contributed by atoms with Crippen LogP contribution in [-0.2, 0) is 29.6 Å². The van der Waals surface area contributed by atoms with Crippen molar-refractivity contribution in [3.05, 3.63) is 22.8 Å². The van der Waals surface area contributed by atoms with Crippen LogP contribution in [0.5, 0.6) is 11.5 Å². The number of rotatable bonds is 3. The zero-order valence-electron chi connectivity index (χ0n) is 20.0. The van der Waals surface area contributed by atoms with Crippen molar-refractivity contribution in [2.24, 2.45) is 0 Å². The number of thioether (sulfide) groups is 1. The van der Waals surface area contributed by atoms with E-state index in [0.29, 0.717) is 5.56 Å². The number of carbonyl (C=O) groups is 4. The second kappa shape index (κ2) is 11.3. The van der Waals surface area contributed by atoms with E-state index in [1.165, 1.54) is 32.0 Å². The van der Waals surface area contributed by atoms with Crippen LogP contribution in [0.1, 0.15) is 42.3 Å². The number of cyclic esters (lactones) is 1. The Morgan fingerprint density at radius 2 is 1.94 bits per heavy atom. The first-order valence-electron chi connectivity index (χ1n) is 10.4. The lowest BCUT2D eigenvalue weighted by molar-refractivity contribution is -0.144. The molecule has 2 amide bonds. The molecule has 0 unspecified atom stereocenters. The number of hydrogen-bond acceptors (Lipinski definition) is 10. The average molecular weight is 499 g/mol. The lowest BCUT2D eigenvalue weighted by atomic mass is 10.0. The van der Waals surface area contributed by atoms with Gasteiger partial charge in [0.05, 0.1) is 19.8 Å². The minimum atomic E-state index is -1.36. The smallest absolute Gasteiger partial charge is 0.408 e. The van der Waals surface area contributed by atoms with Gasteiger partial charge in [0, 0.05) is 28.7 Å². The van der Waals surface area contributed by atoms with Gasteiger partial charge in [-0.2, -0.15) is 11.8 Å². The summed E-state index contributed by atoms with van der Waals surface area (Å²) in [5, 5.41) is 15.2. The quantitative estimate of drug-likeness (QED) is 0.415. The van der Waals surface area contributed by atoms with Crippen molar-refractivity contribution in [1.29, 1.82) is 0 Å². The molecular weight excluding hydrogens is 468 g/mol. The fourth-order valence-corrected chi connectivity index (χ4v) is 4.19. The molecule has 0 aliphatic carbocycles. The summed E-state index contributed by atoms with van der Waals surface area (Å²) in [6, 6.07) is -1.01. The number of aromatic hydroxyl groups is 1. The maximum Gasteiger partial charge on any atom is 0.408 e. The van der Waals surface area contributed by atoms with Gasteiger partial charge >= 0.3 is 18.0 Å². The summed E-state index contributed by atoms with van der Waals surface area (Å²) in [6.45, 7) is 5.95. The van der Waals surface area contributed by atoms with Gasteiger partial charge < -0.3 is 34.7 Å². The van der Waals surface area contributed by atoms with Crippen LogP contribution in [0.4, 0.5) is 4.79 Å². The van der Waals surface area contributed by atoms with E-state index in [4.69, 9.17) is 18.9 Å². The predicted molar refractivity (Wildman–Crippen MR) is 123 cm³/mol. The van der Waals surface area contributed by atoms with Gasteiger partial charge in [-0.25, -0.2) is 14.4 Å². The van der Waals surface area contributed by atoms with Crippen LogP contribution in [0.3, 0.4) is 0 Å². The molecule has 2 rings (SSSR count). The molecule has 0 saturated carbocycles. The second-order valence-corrected chi connectivity index (χ2v) is 9.50. The SMILES string of the molecule is COC(=O)[C@@H]1CSCc2c(OC)cc(O)c(C)c2C(=O)OC[C@H](NC(=O)OC(C)(C)C)C(=O)N1. The van der Waals surface area contributed by atoms with Gasteiger partial charge in [-0.15, -0.1) is 0 Å². The number of benzene rings is 1. The molecule has 188 valence electrons. The second-order valence-electron chi connectivity index (χ2n) is 8.47. The number of carbonyl (C=O) groups excluding carboxylic acids is 4. The zero-order valence-corrected chi connectivity index (χ0v) is 20.8. The van der Waals surface area contributed by atoms with E-state index >= 15 is 0 Å². The molecule has 11 nitrogen and oxygen atoms in total. The van der Waals surface area contributed by atoms with Gasteiger partial charge in [0.25, 0.3) is 0 Å². The zero-order chi connectivity index (χ0) is 25.6. The highest BCUT2D eigenvalue weighted by atomic mass is 32.2. The van der Waals surface area contributed by atoms with Crippen molar-refractivity contribution in [1.82, 2.24) is 10.6 Å². The fourth-order valence-electron chi connectivity index (χ4n) is 3.12. The molecule has 0 spiro atoms. The Balaban J connectivity index is 2.46. The Labute approximate surface area is 201 Å². The third kappa shape index (κ3) is 6.92. The minimum Gasteiger partial charge on any atom is -0.508 e. The molecule has 0 bridgehead atoms. The molecule has 0 radical (unpaired) electrons. The molecule has 0 aromatic heterocycles. The molecular formula is C22H30N2O9S. The summed E-state index contributed by atoms with van der Waals surface area (Å²) in [7, 11) is 2.59. The molecule has 1 aliphatic rings. The number of phenols is 1. The van der Waals surface area contributed by atoms with Gasteiger partial charge in [0.1, 0.15) is 35.8 Å². The summed E-state index contributed by atoms with van der Waals surface area (Å²) in [6.07, 6.45) is -0.907. The highest BCUT2D eigenvalue weighted by Gasteiger charge is 2.32. The third-order valence-corrected chi connectivity index (χ3v) is 5.83. The topological polar surface area (TPSA) is 149 Å². The molecule has 0 fully saturated rings. The average Bonchev–Trinajstić information content (AvgIpc) is 2.75. The molecule has 34 heavy (non-hydrogen) atoms. The van der Waals surface area contributed by atoms with Crippen LogP contribution in [0.2, 0.25) is 0 Å². The number of fused-ring (bicyclic) bond motifs is 1. The molecule has 2 atom stereocenters. The van der Waals surface area contributed by atoms with E-state index in [9.17, 15) is 24.3 Å². The Morgan fingerprint density at radius 3 is 2.53 bits per heavy atom. The van der Waals surface area contributed by atoms with Crippen LogP contribution in [0.25, 0.3) is 0 Å². The highest BCUT2D eigenvalue weighted by molar-refractivity contribution is 7.98. The van der Waals surface area contributed by atoms with Gasteiger partial charge in [-0.05, 0) is 27.7 Å². The van der Waals surface area contributed by atoms with Crippen LogP contribution in [-0.4, -0.2) is 73.3 Å². The lowest BCUT2D eigenvalue weighted by Gasteiger charge is -2.25. The molecule has 1 heterocycles. The number of ether oxygens (including phenoxy) is 4. The summed E-state index contributed by atoms with van der Waals surface area (Å²) in [4.78, 5) is 50.4. The van der Waals surface area contributed by atoms with Crippen molar-refractivity contribution < 1.29 is 43.2 Å². The number of amides is 2. The van der Waals surface area contributed by atoms with E-state index in [0.717, 1.165) is 0 Å². The van der Waals surface area contributed by atoms with Crippen molar-refractivity contribution in [2.75, 3.05) is 26.6 Å². The number of nitrogens with one attached hydrogen (secondary N) is 2. The van der Waals surface area contributed by atoms with Gasteiger partial charge in [0.2, 0.25) is 5.91 Å². The summed E-state index contributed by atoms with van der Waals surface area (Å²) in [5.41, 5.74) is -0.0298. The molecule has 1 aromatic carbocycles. The molecule has 0 saturated heterocycles. The van der Waals surface area contributed by atoms with E-state index in [2.05, 4.69) is 10.6 Å². The minimum absolute atomic E-state index is 0.0796. The number of esters is 2. The monoisotopic (exact) mass is 498 g/mol. The van der Waals surface area contributed by atoms with Crippen LogP contribution >= 0.6 is 11.8 Å². The van der Waals surface area contributed by atoms with Crippen LogP contribution in [0, 0.1) is 6.92 Å². The van der Waals surface area contributed by atoms with E-state index in [1.807, 2.05) is 0 Å². The normalized spacial score (nSPS) is 19.4. The molecule has 3 N–H and O–H groups in total. The molecule has 1 aromatic rings. The Hall–Kier alpha value is -3.15. The van der Waals surface area contributed by atoms with E-state index in [-0.39, 0.29) is 34.1 Å². The standard InChI is InChI=1S/C22H30N2O9S/c1-11-15(25)7-16(30-5)12-9-34-10-14(19(27)31-6)23-18(26)13(8-32-20(28)17(11)12)24-21(29)33-22(2,3)4/h7,13-14,25H,8-10H2,1-6H3,(H,23,26)(H,24,29)/t13-,14-/m0/s1. The predicted octanol–water partition coefficient (Wildman–Crippen LogP) is 1.66. The summed E-state index contributed by atoms with van der Waals surface area (Å²) in [5.74, 6) is -1.83. The number of methoxy groups -OCH3 is 2.